The third-order valence-corrected chi connectivity index (χ3v) is 2.74. The second kappa shape index (κ2) is 5.06. The first-order valence-electron chi connectivity index (χ1n) is 5.35. The Morgan fingerprint density at radius 3 is 2.65 bits per heavy atom. The molecule has 0 unspecified atom stereocenters. The Hall–Kier alpha value is -1.74. The fourth-order valence-electron chi connectivity index (χ4n) is 1.53. The topological polar surface area (TPSA) is 37.0 Å². The van der Waals surface area contributed by atoms with Gasteiger partial charge in [0.2, 0.25) is 0 Å². The Morgan fingerprint density at radius 2 is 1.88 bits per heavy atom. The van der Waals surface area contributed by atoms with Crippen molar-refractivity contribution in [3.63, 3.8) is 0 Å². The number of nitrogens with zero attached hydrogens (tertiary/aromatic N) is 1. The highest BCUT2D eigenvalue weighted by atomic mass is 35.5. The van der Waals surface area contributed by atoms with Crippen LogP contribution in [0.5, 0.6) is 0 Å². The molecule has 17 heavy (non-hydrogen) atoms. The summed E-state index contributed by atoms with van der Waals surface area (Å²) < 4.78 is 0. The Balaban J connectivity index is 2.27. The molecule has 0 fully saturated rings. The van der Waals surface area contributed by atoms with Crippen LogP contribution in [0.3, 0.4) is 0 Å². The van der Waals surface area contributed by atoms with Gasteiger partial charge in [0.1, 0.15) is 0 Å². The number of pyridine rings is 1. The molecule has 0 radical (unpaired) electrons. The number of nitrogens with one attached hydrogen (secondary N) is 2. The molecule has 0 saturated carbocycles. The van der Waals surface area contributed by atoms with Gasteiger partial charge in [-0.05, 0) is 30.7 Å². The largest absolute Gasteiger partial charge is 0.387 e. The van der Waals surface area contributed by atoms with Gasteiger partial charge in [-0.2, -0.15) is 0 Å². The Labute approximate surface area is 106 Å². The predicted molar refractivity (Wildman–Crippen MR) is 73.3 cm³/mol. The van der Waals surface area contributed by atoms with E-state index in [-0.39, 0.29) is 0 Å². The molecule has 0 atom stereocenters. The molecule has 2 N–H and O–H groups in total. The van der Waals surface area contributed by atoms with E-state index in [1.807, 2.05) is 38.2 Å². The molecule has 0 aliphatic carbocycles. The van der Waals surface area contributed by atoms with Crippen molar-refractivity contribution >= 4 is 28.7 Å². The van der Waals surface area contributed by atoms with Crippen molar-refractivity contribution in [3.8, 4) is 0 Å². The van der Waals surface area contributed by atoms with E-state index >= 15 is 0 Å². The summed E-state index contributed by atoms with van der Waals surface area (Å²) in [4.78, 5) is 4.15. The molecule has 0 saturated heterocycles. The van der Waals surface area contributed by atoms with E-state index < -0.39 is 0 Å². The summed E-state index contributed by atoms with van der Waals surface area (Å²) in [5.74, 6) is 0. The van der Waals surface area contributed by atoms with Crippen LogP contribution < -0.4 is 10.6 Å². The highest BCUT2D eigenvalue weighted by Crippen LogP contribution is 2.24. The van der Waals surface area contributed by atoms with Gasteiger partial charge in [-0.25, -0.2) is 0 Å². The average molecular weight is 248 g/mol. The van der Waals surface area contributed by atoms with Crippen LogP contribution in [0.2, 0.25) is 5.02 Å². The Bertz CT molecular complexity index is 526. The lowest BCUT2D eigenvalue weighted by Crippen LogP contribution is -1.96. The van der Waals surface area contributed by atoms with Gasteiger partial charge in [-0.15, -0.1) is 0 Å². The summed E-state index contributed by atoms with van der Waals surface area (Å²) in [6.07, 6.45) is 3.55. The van der Waals surface area contributed by atoms with Crippen LogP contribution >= 0.6 is 11.6 Å². The zero-order chi connectivity index (χ0) is 12.3. The lowest BCUT2D eigenvalue weighted by Gasteiger charge is -2.10. The van der Waals surface area contributed by atoms with Crippen LogP contribution in [0.25, 0.3) is 0 Å². The third kappa shape index (κ3) is 2.88. The van der Waals surface area contributed by atoms with Gasteiger partial charge in [0, 0.05) is 17.8 Å². The van der Waals surface area contributed by atoms with Gasteiger partial charge in [0.15, 0.2) is 0 Å². The van der Waals surface area contributed by atoms with Crippen molar-refractivity contribution in [2.24, 2.45) is 0 Å². The van der Waals surface area contributed by atoms with Gasteiger partial charge in [-0.3, -0.25) is 4.98 Å². The molecular weight excluding hydrogens is 234 g/mol. The molecule has 3 nitrogen and oxygen atoms in total. The summed E-state index contributed by atoms with van der Waals surface area (Å²) in [6, 6.07) is 7.76. The maximum atomic E-state index is 5.97. The molecular formula is C13H14ClN3. The number of hydrogen-bond acceptors (Lipinski definition) is 3. The van der Waals surface area contributed by atoms with E-state index in [1.54, 1.807) is 12.4 Å². The number of hydrogen-bond donors (Lipinski definition) is 2. The van der Waals surface area contributed by atoms with E-state index in [0.717, 1.165) is 27.6 Å². The van der Waals surface area contributed by atoms with Crippen molar-refractivity contribution in [1.82, 2.24) is 4.98 Å². The van der Waals surface area contributed by atoms with E-state index in [4.69, 9.17) is 11.6 Å². The van der Waals surface area contributed by atoms with Crippen molar-refractivity contribution in [2.45, 2.75) is 6.92 Å². The maximum absolute atomic E-state index is 5.97. The zero-order valence-corrected chi connectivity index (χ0v) is 10.5. The zero-order valence-electron chi connectivity index (χ0n) is 9.79. The monoisotopic (exact) mass is 247 g/mol. The van der Waals surface area contributed by atoms with Gasteiger partial charge >= 0.3 is 0 Å². The fraction of sp³-hybridized carbons (Fsp3) is 0.154. The number of rotatable bonds is 3. The van der Waals surface area contributed by atoms with Crippen molar-refractivity contribution in [2.75, 3.05) is 17.7 Å². The SMILES string of the molecule is CNc1cncc(Nc2cc(Cl)ccc2C)c1. The molecule has 1 heterocycles. The molecule has 0 bridgehead atoms. The maximum Gasteiger partial charge on any atom is 0.0591 e. The highest BCUT2D eigenvalue weighted by Gasteiger charge is 2.01. The molecule has 4 heteroatoms. The molecule has 1 aromatic heterocycles. The number of aryl methyl sites for hydroxylation is 1. The van der Waals surface area contributed by atoms with Gasteiger partial charge in [-0.1, -0.05) is 17.7 Å². The molecule has 88 valence electrons. The second-order valence-corrected chi connectivity index (χ2v) is 4.23. The minimum atomic E-state index is 0.718. The van der Waals surface area contributed by atoms with Gasteiger partial charge in [0.25, 0.3) is 0 Å². The molecule has 0 amide bonds. The first kappa shape index (κ1) is 11.7. The van der Waals surface area contributed by atoms with Crippen LogP contribution in [0.4, 0.5) is 17.1 Å². The first-order chi connectivity index (χ1) is 8.19. The van der Waals surface area contributed by atoms with Crippen LogP contribution in [0.1, 0.15) is 5.56 Å². The normalized spacial score (nSPS) is 10.1. The second-order valence-electron chi connectivity index (χ2n) is 3.80. The van der Waals surface area contributed by atoms with Crippen LogP contribution in [0.15, 0.2) is 36.7 Å². The standard InChI is InChI=1S/C13H14ClN3/c1-9-3-4-10(14)5-13(9)17-12-6-11(15-2)7-16-8-12/h3-8,15,17H,1-2H3. The quantitative estimate of drug-likeness (QED) is 0.866. The first-order valence-corrected chi connectivity index (χ1v) is 5.73. The van der Waals surface area contributed by atoms with Crippen LogP contribution in [-0.2, 0) is 0 Å². The minimum Gasteiger partial charge on any atom is -0.387 e. The van der Waals surface area contributed by atoms with Crippen LogP contribution in [0, 0.1) is 6.92 Å². The minimum absolute atomic E-state index is 0.718. The van der Waals surface area contributed by atoms with E-state index in [2.05, 4.69) is 15.6 Å². The van der Waals surface area contributed by atoms with Crippen molar-refractivity contribution in [3.05, 3.63) is 47.2 Å². The number of aromatic nitrogens is 1. The third-order valence-electron chi connectivity index (χ3n) is 2.51. The molecule has 0 aliphatic heterocycles. The summed E-state index contributed by atoms with van der Waals surface area (Å²) in [5.41, 5.74) is 4.04. The lowest BCUT2D eigenvalue weighted by molar-refractivity contribution is 1.30. The Kier molecular flexibility index (Phi) is 3.49. The predicted octanol–water partition coefficient (Wildman–Crippen LogP) is 3.83. The number of benzene rings is 1. The summed E-state index contributed by atoms with van der Waals surface area (Å²) in [7, 11) is 1.87. The fourth-order valence-corrected chi connectivity index (χ4v) is 1.70. The summed E-state index contributed by atoms with van der Waals surface area (Å²) in [6.45, 7) is 2.04. The van der Waals surface area contributed by atoms with E-state index in [0.29, 0.717) is 0 Å². The molecule has 0 spiro atoms. The van der Waals surface area contributed by atoms with Crippen molar-refractivity contribution < 1.29 is 0 Å². The lowest BCUT2D eigenvalue weighted by atomic mass is 10.2. The molecule has 2 rings (SSSR count). The van der Waals surface area contributed by atoms with Crippen LogP contribution in [-0.4, -0.2) is 12.0 Å². The number of halogens is 1. The van der Waals surface area contributed by atoms with Gasteiger partial charge < -0.3 is 10.6 Å². The van der Waals surface area contributed by atoms with E-state index in [9.17, 15) is 0 Å². The molecule has 2 aromatic rings. The van der Waals surface area contributed by atoms with Gasteiger partial charge in [0.05, 0.1) is 23.8 Å². The highest BCUT2D eigenvalue weighted by molar-refractivity contribution is 6.30. The summed E-state index contributed by atoms with van der Waals surface area (Å²) >= 11 is 5.97. The smallest absolute Gasteiger partial charge is 0.0591 e. The Morgan fingerprint density at radius 1 is 1.12 bits per heavy atom. The summed E-state index contributed by atoms with van der Waals surface area (Å²) in [5, 5.41) is 7.07. The number of anilines is 3. The molecule has 1 aromatic carbocycles. The van der Waals surface area contributed by atoms with Crippen molar-refractivity contribution in [1.29, 1.82) is 0 Å². The van der Waals surface area contributed by atoms with E-state index in [1.165, 1.54) is 0 Å². The average Bonchev–Trinajstić information content (AvgIpc) is 2.34. The molecule has 0 aliphatic rings.